The zero-order valence-electron chi connectivity index (χ0n) is 18.2. The molecule has 7 nitrogen and oxygen atoms in total. The molecule has 1 amide bonds. The number of hydrogen-bond acceptors (Lipinski definition) is 6. The van der Waals surface area contributed by atoms with Gasteiger partial charge in [0.2, 0.25) is 0 Å². The molecular weight excluding hydrogens is 394 g/mol. The highest BCUT2D eigenvalue weighted by atomic mass is 16.5. The highest BCUT2D eigenvalue weighted by Crippen LogP contribution is 2.39. The lowest BCUT2D eigenvalue weighted by Gasteiger charge is -2.26. The van der Waals surface area contributed by atoms with Crippen LogP contribution in [0.25, 0.3) is 5.76 Å². The molecule has 1 N–H and O–H groups in total. The maximum Gasteiger partial charge on any atom is 0.295 e. The van der Waals surface area contributed by atoms with Crippen molar-refractivity contribution in [2.45, 2.75) is 26.3 Å². The summed E-state index contributed by atoms with van der Waals surface area (Å²) >= 11 is 0. The van der Waals surface area contributed by atoms with Crippen LogP contribution in [0.2, 0.25) is 0 Å². The lowest BCUT2D eigenvalue weighted by molar-refractivity contribution is -0.140. The molecular formula is C24H29N3O4. The second-order valence-corrected chi connectivity index (χ2v) is 7.39. The normalized spacial score (nSPS) is 18.1. The molecule has 7 heteroatoms. The fourth-order valence-corrected chi connectivity index (χ4v) is 3.93. The summed E-state index contributed by atoms with van der Waals surface area (Å²) in [7, 11) is 1.53. The van der Waals surface area contributed by atoms with E-state index in [1.807, 2.05) is 6.07 Å². The molecule has 2 aromatic rings. The van der Waals surface area contributed by atoms with Crippen LogP contribution in [-0.4, -0.2) is 64.9 Å². The summed E-state index contributed by atoms with van der Waals surface area (Å²) in [6, 6.07) is 9.71. The number of aliphatic hydroxyl groups is 1. The fourth-order valence-electron chi connectivity index (χ4n) is 3.93. The van der Waals surface area contributed by atoms with Crippen molar-refractivity contribution in [3.63, 3.8) is 0 Å². The monoisotopic (exact) mass is 423 g/mol. The Hall–Kier alpha value is -3.19. The van der Waals surface area contributed by atoms with Crippen LogP contribution in [0, 0.1) is 0 Å². The minimum atomic E-state index is -0.684. The topological polar surface area (TPSA) is 83.0 Å². The van der Waals surface area contributed by atoms with Gasteiger partial charge in [0, 0.05) is 24.5 Å². The molecule has 1 fully saturated rings. The molecule has 0 spiro atoms. The average molecular weight is 424 g/mol. The molecule has 31 heavy (non-hydrogen) atoms. The third-order valence-electron chi connectivity index (χ3n) is 5.65. The van der Waals surface area contributed by atoms with Gasteiger partial charge in [-0.2, -0.15) is 0 Å². The van der Waals surface area contributed by atoms with E-state index in [0.29, 0.717) is 23.4 Å². The van der Waals surface area contributed by atoms with Crippen molar-refractivity contribution in [1.29, 1.82) is 0 Å². The Morgan fingerprint density at radius 3 is 2.61 bits per heavy atom. The summed E-state index contributed by atoms with van der Waals surface area (Å²) in [5, 5.41) is 11.1. The summed E-state index contributed by atoms with van der Waals surface area (Å²) in [6.45, 7) is 7.29. The van der Waals surface area contributed by atoms with E-state index >= 15 is 0 Å². The van der Waals surface area contributed by atoms with E-state index in [1.54, 1.807) is 47.6 Å². The number of pyridine rings is 1. The maximum atomic E-state index is 13.0. The molecule has 0 bridgehead atoms. The van der Waals surface area contributed by atoms with Crippen LogP contribution in [0.5, 0.6) is 5.75 Å². The van der Waals surface area contributed by atoms with Gasteiger partial charge >= 0.3 is 0 Å². The number of hydrogen-bond donors (Lipinski definition) is 1. The molecule has 164 valence electrons. The van der Waals surface area contributed by atoms with Crippen molar-refractivity contribution in [1.82, 2.24) is 14.8 Å². The van der Waals surface area contributed by atoms with E-state index in [2.05, 4.69) is 23.7 Å². The minimum absolute atomic E-state index is 0.0779. The first-order valence-electron chi connectivity index (χ1n) is 10.6. The van der Waals surface area contributed by atoms with Crippen LogP contribution in [0.1, 0.15) is 37.4 Å². The molecule has 0 aliphatic carbocycles. The predicted octanol–water partition coefficient (Wildman–Crippen LogP) is 3.24. The van der Waals surface area contributed by atoms with Crippen LogP contribution < -0.4 is 4.74 Å². The number of ketones is 1. The Labute approximate surface area is 183 Å². The highest BCUT2D eigenvalue weighted by Gasteiger charge is 2.45. The van der Waals surface area contributed by atoms with E-state index in [4.69, 9.17) is 4.74 Å². The predicted molar refractivity (Wildman–Crippen MR) is 119 cm³/mol. The van der Waals surface area contributed by atoms with Gasteiger partial charge in [-0.1, -0.05) is 32.0 Å². The van der Waals surface area contributed by atoms with Crippen LogP contribution >= 0.6 is 0 Å². The lowest BCUT2D eigenvalue weighted by atomic mass is 9.96. The third kappa shape index (κ3) is 4.77. The number of benzene rings is 1. The van der Waals surface area contributed by atoms with Crippen molar-refractivity contribution < 1.29 is 19.4 Å². The molecule has 0 unspecified atom stereocenters. The molecule has 2 heterocycles. The van der Waals surface area contributed by atoms with Crippen LogP contribution in [0.15, 0.2) is 54.4 Å². The maximum absolute atomic E-state index is 13.0. The summed E-state index contributed by atoms with van der Waals surface area (Å²) in [5.74, 6) is -0.942. The second kappa shape index (κ2) is 10.2. The molecule has 1 aliphatic heterocycles. The number of nitrogens with zero attached hydrogens (tertiary/aromatic N) is 3. The standard InChI is InChI=1S/C24H29N3O4/c1-4-26(5-2)13-8-14-27-21(18-10-7-12-25-16-18)20(23(29)24(27)30)22(28)17-9-6-11-19(15-17)31-3/h6-7,9-12,15-16,21,28H,4-5,8,13-14H2,1-3H3/t21-/m0/s1. The number of carbonyl (C=O) groups is 2. The Morgan fingerprint density at radius 2 is 1.97 bits per heavy atom. The van der Waals surface area contributed by atoms with Gasteiger partial charge in [-0.15, -0.1) is 0 Å². The highest BCUT2D eigenvalue weighted by molar-refractivity contribution is 6.46. The van der Waals surface area contributed by atoms with E-state index in [1.165, 1.54) is 7.11 Å². The van der Waals surface area contributed by atoms with E-state index < -0.39 is 17.7 Å². The average Bonchev–Trinajstić information content (AvgIpc) is 3.07. The molecule has 1 atom stereocenters. The van der Waals surface area contributed by atoms with Gasteiger partial charge in [-0.05, 0) is 49.8 Å². The van der Waals surface area contributed by atoms with Crippen LogP contribution in [0.3, 0.4) is 0 Å². The van der Waals surface area contributed by atoms with Crippen molar-refractivity contribution >= 4 is 17.4 Å². The van der Waals surface area contributed by atoms with Crippen molar-refractivity contribution in [3.05, 3.63) is 65.5 Å². The first kappa shape index (κ1) is 22.5. The Morgan fingerprint density at radius 1 is 1.19 bits per heavy atom. The Kier molecular flexibility index (Phi) is 7.41. The van der Waals surface area contributed by atoms with Crippen molar-refractivity contribution in [3.8, 4) is 5.75 Å². The smallest absolute Gasteiger partial charge is 0.295 e. The molecule has 3 rings (SSSR count). The van der Waals surface area contributed by atoms with E-state index in [-0.39, 0.29) is 11.3 Å². The van der Waals surface area contributed by atoms with E-state index in [9.17, 15) is 14.7 Å². The van der Waals surface area contributed by atoms with Gasteiger partial charge in [0.15, 0.2) is 0 Å². The minimum Gasteiger partial charge on any atom is -0.507 e. The second-order valence-electron chi connectivity index (χ2n) is 7.39. The fraction of sp³-hybridized carbons (Fsp3) is 0.375. The van der Waals surface area contributed by atoms with Crippen LogP contribution in [-0.2, 0) is 9.59 Å². The number of ether oxygens (including phenoxy) is 1. The SMILES string of the molecule is CCN(CC)CCCN1C(=O)C(=O)C(=C(O)c2cccc(OC)c2)[C@@H]1c1cccnc1. The first-order chi connectivity index (χ1) is 15.0. The number of methoxy groups -OCH3 is 1. The first-order valence-corrected chi connectivity index (χ1v) is 10.6. The van der Waals surface area contributed by atoms with Gasteiger partial charge in [0.25, 0.3) is 11.7 Å². The quantitative estimate of drug-likeness (QED) is 0.379. The molecule has 1 aliphatic rings. The van der Waals surface area contributed by atoms with Crippen LogP contribution in [0.4, 0.5) is 0 Å². The summed E-state index contributed by atoms with van der Waals surface area (Å²) in [6.07, 6.45) is 4.00. The summed E-state index contributed by atoms with van der Waals surface area (Å²) in [5.41, 5.74) is 1.19. The molecule has 0 saturated carbocycles. The molecule has 1 saturated heterocycles. The Balaban J connectivity index is 2.01. The third-order valence-corrected chi connectivity index (χ3v) is 5.65. The number of rotatable bonds is 9. The number of aromatic nitrogens is 1. The summed E-state index contributed by atoms with van der Waals surface area (Å²) in [4.78, 5) is 33.9. The van der Waals surface area contributed by atoms with Gasteiger partial charge in [-0.3, -0.25) is 14.6 Å². The largest absolute Gasteiger partial charge is 0.507 e. The number of amides is 1. The Bertz CT molecular complexity index is 954. The lowest BCUT2D eigenvalue weighted by Crippen LogP contribution is -2.33. The van der Waals surface area contributed by atoms with Gasteiger partial charge in [0.05, 0.1) is 18.7 Å². The van der Waals surface area contributed by atoms with Crippen molar-refractivity contribution in [2.75, 3.05) is 33.3 Å². The molecule has 1 aromatic carbocycles. The molecule has 1 aromatic heterocycles. The number of aliphatic hydroxyl groups excluding tert-OH is 1. The van der Waals surface area contributed by atoms with Crippen molar-refractivity contribution in [2.24, 2.45) is 0 Å². The number of likely N-dealkylation sites (tertiary alicyclic amines) is 1. The number of carbonyl (C=O) groups excluding carboxylic acids is 2. The zero-order valence-corrected chi connectivity index (χ0v) is 18.2. The molecule has 0 radical (unpaired) electrons. The van der Waals surface area contributed by atoms with Gasteiger partial charge in [-0.25, -0.2) is 0 Å². The summed E-state index contributed by atoms with van der Waals surface area (Å²) < 4.78 is 5.23. The van der Waals surface area contributed by atoms with Gasteiger partial charge < -0.3 is 19.6 Å². The number of Topliss-reactive ketones (excluding diaryl/α,β-unsaturated/α-hetero) is 1. The van der Waals surface area contributed by atoms with E-state index in [0.717, 1.165) is 26.1 Å². The zero-order chi connectivity index (χ0) is 22.4. The van der Waals surface area contributed by atoms with Gasteiger partial charge in [0.1, 0.15) is 11.5 Å².